The van der Waals surface area contributed by atoms with Crippen LogP contribution in [0, 0.1) is 19.5 Å². The van der Waals surface area contributed by atoms with Crippen LogP contribution in [-0.4, -0.2) is 4.92 Å². The maximum Gasteiger partial charge on any atom is 0.274 e. The third kappa shape index (κ3) is 3.57. The van der Waals surface area contributed by atoms with Gasteiger partial charge in [0.05, 0.1) is 10.5 Å². The quantitative estimate of drug-likeness (QED) is 0.458. The number of hydrogen-bond donors (Lipinski definition) is 1. The molecule has 0 amide bonds. The Bertz CT molecular complexity index is 667. The van der Waals surface area contributed by atoms with Crippen molar-refractivity contribution in [3.8, 4) is 0 Å². The number of nitro groups is 1. The number of nitro benzene ring substituents is 1. The lowest BCUT2D eigenvalue weighted by atomic mass is 10.1. The zero-order valence-electron chi connectivity index (χ0n) is 10.1. The second-order valence-corrected chi connectivity index (χ2v) is 5.61. The Balaban J connectivity index is 2.22. The Morgan fingerprint density at radius 1 is 1.30 bits per heavy atom. The Labute approximate surface area is 133 Å². The third-order valence-electron chi connectivity index (χ3n) is 2.64. The number of anilines is 1. The average molecular weight is 407 g/mol. The van der Waals surface area contributed by atoms with Gasteiger partial charge in [-0.3, -0.25) is 10.1 Å². The van der Waals surface area contributed by atoms with Crippen LogP contribution in [0.1, 0.15) is 5.56 Å². The van der Waals surface area contributed by atoms with E-state index in [1.807, 2.05) is 22.6 Å². The molecule has 0 aromatic heterocycles. The molecule has 2 aromatic carbocycles. The van der Waals surface area contributed by atoms with Crippen molar-refractivity contribution in [2.24, 2.45) is 0 Å². The Morgan fingerprint density at radius 2 is 2.05 bits per heavy atom. The molecule has 2 rings (SSSR count). The van der Waals surface area contributed by atoms with Gasteiger partial charge in [0.25, 0.3) is 5.69 Å². The topological polar surface area (TPSA) is 55.2 Å². The van der Waals surface area contributed by atoms with Crippen molar-refractivity contribution in [1.82, 2.24) is 0 Å². The number of nitrogens with one attached hydrogen (secondary N) is 1. The van der Waals surface area contributed by atoms with E-state index < -0.39 is 4.92 Å². The summed E-state index contributed by atoms with van der Waals surface area (Å²) in [6, 6.07) is 8.70. The van der Waals surface area contributed by atoms with E-state index in [0.717, 1.165) is 0 Å². The first-order chi connectivity index (χ1) is 9.47. The summed E-state index contributed by atoms with van der Waals surface area (Å²) in [5.41, 5.74) is 1.18. The van der Waals surface area contributed by atoms with Gasteiger partial charge in [-0.1, -0.05) is 11.6 Å². The smallest absolute Gasteiger partial charge is 0.274 e. The fourth-order valence-electron chi connectivity index (χ4n) is 1.70. The van der Waals surface area contributed by atoms with Crippen molar-refractivity contribution in [3.63, 3.8) is 0 Å². The van der Waals surface area contributed by atoms with E-state index in [4.69, 9.17) is 11.6 Å². The highest BCUT2D eigenvalue weighted by Crippen LogP contribution is 2.25. The molecule has 0 aliphatic carbocycles. The zero-order chi connectivity index (χ0) is 14.7. The number of halogens is 3. The van der Waals surface area contributed by atoms with E-state index >= 15 is 0 Å². The van der Waals surface area contributed by atoms with Crippen LogP contribution in [0.3, 0.4) is 0 Å². The van der Waals surface area contributed by atoms with Crippen LogP contribution in [0.5, 0.6) is 0 Å². The number of rotatable bonds is 4. The molecular weight excluding hydrogens is 398 g/mol. The van der Waals surface area contributed by atoms with Crippen LogP contribution >= 0.6 is 34.2 Å². The first kappa shape index (κ1) is 15.0. The highest BCUT2D eigenvalue weighted by Gasteiger charge is 2.14. The predicted molar refractivity (Wildman–Crippen MR) is 84.6 cm³/mol. The molecule has 4 nitrogen and oxygen atoms in total. The highest BCUT2D eigenvalue weighted by atomic mass is 127. The normalized spacial score (nSPS) is 10.3. The van der Waals surface area contributed by atoms with Crippen LogP contribution in [0.25, 0.3) is 0 Å². The molecule has 2 aromatic rings. The average Bonchev–Trinajstić information content (AvgIpc) is 2.37. The second kappa shape index (κ2) is 6.36. The summed E-state index contributed by atoms with van der Waals surface area (Å²) in [5, 5.41) is 14.4. The molecular formula is C13H9ClFIN2O2. The molecule has 0 radical (unpaired) electrons. The van der Waals surface area contributed by atoms with E-state index in [2.05, 4.69) is 5.32 Å². The molecule has 0 atom stereocenters. The van der Waals surface area contributed by atoms with Crippen molar-refractivity contribution in [1.29, 1.82) is 0 Å². The van der Waals surface area contributed by atoms with E-state index in [1.54, 1.807) is 12.1 Å². The van der Waals surface area contributed by atoms with Crippen molar-refractivity contribution >= 4 is 45.6 Å². The fraction of sp³-hybridized carbons (Fsp3) is 0.0769. The lowest BCUT2D eigenvalue weighted by Crippen LogP contribution is -2.04. The minimum Gasteiger partial charge on any atom is -0.380 e. The molecule has 104 valence electrons. The fourth-order valence-corrected chi connectivity index (χ4v) is 2.56. The summed E-state index contributed by atoms with van der Waals surface area (Å²) in [7, 11) is 0. The molecule has 0 fully saturated rings. The lowest BCUT2D eigenvalue weighted by Gasteiger charge is -2.09. The monoisotopic (exact) mass is 406 g/mol. The Hall–Kier alpha value is -1.41. The van der Waals surface area contributed by atoms with Gasteiger partial charge in [-0.15, -0.1) is 0 Å². The number of hydrogen-bond acceptors (Lipinski definition) is 3. The van der Waals surface area contributed by atoms with Crippen LogP contribution < -0.4 is 5.32 Å². The van der Waals surface area contributed by atoms with Crippen molar-refractivity contribution < 1.29 is 9.31 Å². The van der Waals surface area contributed by atoms with E-state index in [-0.39, 0.29) is 18.0 Å². The van der Waals surface area contributed by atoms with Gasteiger partial charge in [-0.05, 0) is 52.9 Å². The molecule has 0 saturated heterocycles. The molecule has 0 saturated carbocycles. The van der Waals surface area contributed by atoms with Gasteiger partial charge in [0, 0.05) is 26.9 Å². The molecule has 20 heavy (non-hydrogen) atoms. The van der Waals surface area contributed by atoms with Crippen LogP contribution in [0.15, 0.2) is 36.4 Å². The highest BCUT2D eigenvalue weighted by molar-refractivity contribution is 14.1. The molecule has 7 heteroatoms. The van der Waals surface area contributed by atoms with Gasteiger partial charge in [0.2, 0.25) is 0 Å². The number of benzene rings is 2. The molecule has 0 aliphatic heterocycles. The lowest BCUT2D eigenvalue weighted by molar-refractivity contribution is -0.385. The van der Waals surface area contributed by atoms with Crippen molar-refractivity contribution in [2.45, 2.75) is 6.54 Å². The van der Waals surface area contributed by atoms with Gasteiger partial charge in [-0.25, -0.2) is 4.39 Å². The molecule has 0 heterocycles. The van der Waals surface area contributed by atoms with Gasteiger partial charge < -0.3 is 5.32 Å². The van der Waals surface area contributed by atoms with Gasteiger partial charge in [-0.2, -0.15) is 0 Å². The minimum atomic E-state index is -0.455. The first-order valence-corrected chi connectivity index (χ1v) is 7.05. The maximum atomic E-state index is 13.0. The second-order valence-electron chi connectivity index (χ2n) is 4.01. The van der Waals surface area contributed by atoms with Crippen LogP contribution in [0.2, 0.25) is 5.02 Å². The van der Waals surface area contributed by atoms with Gasteiger partial charge >= 0.3 is 0 Å². The SMILES string of the molecule is O=[N+]([O-])c1ccc(Cl)cc1CNc1ccc(F)cc1I. The van der Waals surface area contributed by atoms with E-state index in [1.165, 1.54) is 24.3 Å². The summed E-state index contributed by atoms with van der Waals surface area (Å²) >= 11 is 7.85. The summed E-state index contributed by atoms with van der Waals surface area (Å²) in [5.74, 6) is -0.325. The summed E-state index contributed by atoms with van der Waals surface area (Å²) in [6.07, 6.45) is 0. The first-order valence-electron chi connectivity index (χ1n) is 5.59. The van der Waals surface area contributed by atoms with Crippen LogP contribution in [-0.2, 0) is 6.54 Å². The number of nitrogens with zero attached hydrogens (tertiary/aromatic N) is 1. The Morgan fingerprint density at radius 3 is 2.70 bits per heavy atom. The molecule has 0 bridgehead atoms. The van der Waals surface area contributed by atoms with Crippen LogP contribution in [0.4, 0.5) is 15.8 Å². The summed E-state index contributed by atoms with van der Waals surface area (Å²) < 4.78 is 13.7. The molecule has 1 N–H and O–H groups in total. The van der Waals surface area contributed by atoms with E-state index in [0.29, 0.717) is 19.8 Å². The predicted octanol–water partition coefficient (Wildman–Crippen LogP) is 4.60. The van der Waals surface area contributed by atoms with Crippen molar-refractivity contribution in [2.75, 3.05) is 5.32 Å². The van der Waals surface area contributed by atoms with Gasteiger partial charge in [0.15, 0.2) is 0 Å². The minimum absolute atomic E-state index is 0.000908. The maximum absolute atomic E-state index is 13.0. The van der Waals surface area contributed by atoms with E-state index in [9.17, 15) is 14.5 Å². The summed E-state index contributed by atoms with van der Waals surface area (Å²) in [4.78, 5) is 10.5. The summed E-state index contributed by atoms with van der Waals surface area (Å²) in [6.45, 7) is 0.235. The molecule has 0 unspecified atom stereocenters. The molecule has 0 aliphatic rings. The largest absolute Gasteiger partial charge is 0.380 e. The van der Waals surface area contributed by atoms with Gasteiger partial charge in [0.1, 0.15) is 5.82 Å². The van der Waals surface area contributed by atoms with Crippen molar-refractivity contribution in [3.05, 3.63) is 66.5 Å². The third-order valence-corrected chi connectivity index (χ3v) is 3.77. The Kier molecular flexibility index (Phi) is 4.77. The molecule has 0 spiro atoms. The standard InChI is InChI=1S/C13H9ClFIN2O2/c14-9-1-4-13(18(19)20)8(5-9)7-17-12-3-2-10(15)6-11(12)16/h1-6,17H,7H2. The zero-order valence-corrected chi connectivity index (χ0v) is 13.0.